The zero-order valence-corrected chi connectivity index (χ0v) is 11.2. The SMILES string of the molecule is COc1c(Cl)ncnc1N1CCC(C)CC1C. The summed E-state index contributed by atoms with van der Waals surface area (Å²) in [5.74, 6) is 2.16. The van der Waals surface area contributed by atoms with Gasteiger partial charge in [0, 0.05) is 12.6 Å². The van der Waals surface area contributed by atoms with E-state index in [1.165, 1.54) is 19.2 Å². The summed E-state index contributed by atoms with van der Waals surface area (Å²) in [5, 5.41) is 0.378. The van der Waals surface area contributed by atoms with Gasteiger partial charge in [0.15, 0.2) is 16.7 Å². The van der Waals surface area contributed by atoms with Crippen molar-refractivity contribution in [2.24, 2.45) is 5.92 Å². The number of piperidine rings is 1. The molecule has 0 spiro atoms. The van der Waals surface area contributed by atoms with Crippen LogP contribution in [0.25, 0.3) is 0 Å². The van der Waals surface area contributed by atoms with E-state index in [1.807, 2.05) is 0 Å². The second-order valence-corrected chi connectivity index (χ2v) is 5.05. The zero-order chi connectivity index (χ0) is 12.4. The van der Waals surface area contributed by atoms with Gasteiger partial charge in [-0.3, -0.25) is 0 Å². The van der Waals surface area contributed by atoms with Gasteiger partial charge in [-0.25, -0.2) is 9.97 Å². The Morgan fingerprint density at radius 2 is 2.18 bits per heavy atom. The molecule has 17 heavy (non-hydrogen) atoms. The topological polar surface area (TPSA) is 38.3 Å². The molecule has 2 unspecified atom stereocenters. The molecule has 1 saturated heterocycles. The molecule has 94 valence electrons. The van der Waals surface area contributed by atoms with Gasteiger partial charge in [-0.2, -0.15) is 0 Å². The van der Waals surface area contributed by atoms with Crippen molar-refractivity contribution < 1.29 is 4.74 Å². The monoisotopic (exact) mass is 255 g/mol. The Labute approximate surface area is 107 Å². The van der Waals surface area contributed by atoms with E-state index in [1.54, 1.807) is 7.11 Å². The lowest BCUT2D eigenvalue weighted by Gasteiger charge is -2.37. The number of methoxy groups -OCH3 is 1. The Morgan fingerprint density at radius 1 is 1.41 bits per heavy atom. The number of anilines is 1. The number of aromatic nitrogens is 2. The first-order valence-electron chi connectivity index (χ1n) is 5.94. The fraction of sp³-hybridized carbons (Fsp3) is 0.667. The number of rotatable bonds is 2. The normalized spacial score (nSPS) is 24.8. The number of hydrogen-bond acceptors (Lipinski definition) is 4. The summed E-state index contributed by atoms with van der Waals surface area (Å²) >= 11 is 6.02. The lowest BCUT2D eigenvalue weighted by atomic mass is 9.93. The van der Waals surface area contributed by atoms with E-state index in [0.717, 1.165) is 18.3 Å². The molecule has 2 heterocycles. The molecule has 4 nitrogen and oxygen atoms in total. The quantitative estimate of drug-likeness (QED) is 0.762. The fourth-order valence-electron chi connectivity index (χ4n) is 2.45. The number of nitrogens with zero attached hydrogens (tertiary/aromatic N) is 3. The Bertz CT molecular complexity index is 399. The van der Waals surface area contributed by atoms with Crippen LogP contribution in [0.2, 0.25) is 5.15 Å². The fourth-order valence-corrected chi connectivity index (χ4v) is 2.65. The summed E-state index contributed by atoms with van der Waals surface area (Å²) in [6, 6.07) is 0.457. The highest BCUT2D eigenvalue weighted by Gasteiger charge is 2.27. The van der Waals surface area contributed by atoms with Gasteiger partial charge in [-0.15, -0.1) is 0 Å². The zero-order valence-electron chi connectivity index (χ0n) is 10.5. The first kappa shape index (κ1) is 12.4. The molecule has 1 fully saturated rings. The number of halogens is 1. The lowest BCUT2D eigenvalue weighted by molar-refractivity contribution is 0.365. The molecule has 2 rings (SSSR count). The van der Waals surface area contributed by atoms with Crippen LogP contribution >= 0.6 is 11.6 Å². The summed E-state index contributed by atoms with van der Waals surface area (Å²) in [6.45, 7) is 5.50. The van der Waals surface area contributed by atoms with Gasteiger partial charge in [0.2, 0.25) is 0 Å². The van der Waals surface area contributed by atoms with E-state index in [4.69, 9.17) is 16.3 Å². The van der Waals surface area contributed by atoms with Crippen molar-refractivity contribution >= 4 is 17.4 Å². The minimum atomic E-state index is 0.378. The first-order valence-corrected chi connectivity index (χ1v) is 6.32. The minimum absolute atomic E-state index is 0.378. The third-order valence-corrected chi connectivity index (χ3v) is 3.63. The van der Waals surface area contributed by atoms with E-state index >= 15 is 0 Å². The van der Waals surface area contributed by atoms with Crippen LogP contribution in [0.1, 0.15) is 26.7 Å². The highest BCUT2D eigenvalue weighted by Crippen LogP contribution is 2.35. The van der Waals surface area contributed by atoms with Crippen molar-refractivity contribution in [2.45, 2.75) is 32.7 Å². The molecule has 5 heteroatoms. The number of hydrogen-bond donors (Lipinski definition) is 0. The Balaban J connectivity index is 2.30. The summed E-state index contributed by atoms with van der Waals surface area (Å²) in [4.78, 5) is 10.5. The van der Waals surface area contributed by atoms with Crippen molar-refractivity contribution in [1.29, 1.82) is 0 Å². The molecule has 0 bridgehead atoms. The third-order valence-electron chi connectivity index (χ3n) is 3.36. The lowest BCUT2D eigenvalue weighted by Crippen LogP contribution is -2.41. The highest BCUT2D eigenvalue weighted by atomic mass is 35.5. The Hall–Kier alpha value is -1.03. The van der Waals surface area contributed by atoms with E-state index < -0.39 is 0 Å². The van der Waals surface area contributed by atoms with E-state index in [-0.39, 0.29) is 0 Å². The summed E-state index contributed by atoms with van der Waals surface area (Å²) < 4.78 is 5.31. The van der Waals surface area contributed by atoms with Gasteiger partial charge in [0.05, 0.1) is 7.11 Å². The smallest absolute Gasteiger partial charge is 0.199 e. The second kappa shape index (κ2) is 5.08. The maximum absolute atomic E-state index is 6.02. The van der Waals surface area contributed by atoms with Crippen LogP contribution in [0, 0.1) is 5.92 Å². The van der Waals surface area contributed by atoms with Crippen molar-refractivity contribution in [2.75, 3.05) is 18.6 Å². The predicted octanol–water partition coefficient (Wildman–Crippen LogP) is 2.76. The van der Waals surface area contributed by atoms with Crippen LogP contribution in [-0.4, -0.2) is 29.7 Å². The molecule has 2 atom stereocenters. The molecule has 0 radical (unpaired) electrons. The highest BCUT2D eigenvalue weighted by molar-refractivity contribution is 6.31. The van der Waals surface area contributed by atoms with Crippen LogP contribution < -0.4 is 9.64 Å². The largest absolute Gasteiger partial charge is 0.490 e. The maximum Gasteiger partial charge on any atom is 0.199 e. The molecule has 0 N–H and O–H groups in total. The molecule has 1 aliphatic heterocycles. The van der Waals surface area contributed by atoms with Crippen LogP contribution in [0.15, 0.2) is 6.33 Å². The molecule has 0 amide bonds. The number of ether oxygens (including phenoxy) is 1. The minimum Gasteiger partial charge on any atom is -0.490 e. The molecule has 1 aromatic heterocycles. The van der Waals surface area contributed by atoms with Crippen molar-refractivity contribution in [1.82, 2.24) is 9.97 Å². The second-order valence-electron chi connectivity index (χ2n) is 4.69. The molecule has 0 saturated carbocycles. The Kier molecular flexibility index (Phi) is 3.72. The van der Waals surface area contributed by atoms with Crippen molar-refractivity contribution in [3.8, 4) is 5.75 Å². The predicted molar refractivity (Wildman–Crippen MR) is 68.8 cm³/mol. The molecule has 0 aromatic carbocycles. The average Bonchev–Trinajstić information content (AvgIpc) is 2.29. The van der Waals surface area contributed by atoms with E-state index in [9.17, 15) is 0 Å². The van der Waals surface area contributed by atoms with Crippen LogP contribution in [-0.2, 0) is 0 Å². The summed E-state index contributed by atoms with van der Waals surface area (Å²) in [7, 11) is 1.60. The van der Waals surface area contributed by atoms with Crippen molar-refractivity contribution in [3.63, 3.8) is 0 Å². The standard InChI is InChI=1S/C12H18ClN3O/c1-8-4-5-16(9(2)6-8)12-10(17-3)11(13)14-7-15-12/h7-9H,4-6H2,1-3H3. The summed E-state index contributed by atoms with van der Waals surface area (Å²) in [5.41, 5.74) is 0. The first-order chi connectivity index (χ1) is 8.13. The van der Waals surface area contributed by atoms with Crippen LogP contribution in [0.4, 0.5) is 5.82 Å². The summed E-state index contributed by atoms with van der Waals surface area (Å²) in [6.07, 6.45) is 3.84. The van der Waals surface area contributed by atoms with Gasteiger partial charge in [-0.05, 0) is 25.7 Å². The molecular formula is C12H18ClN3O. The molecule has 1 aliphatic rings. The maximum atomic E-state index is 6.02. The van der Waals surface area contributed by atoms with Crippen LogP contribution in [0.3, 0.4) is 0 Å². The van der Waals surface area contributed by atoms with Gasteiger partial charge < -0.3 is 9.64 Å². The van der Waals surface area contributed by atoms with Crippen molar-refractivity contribution in [3.05, 3.63) is 11.5 Å². The van der Waals surface area contributed by atoms with E-state index in [0.29, 0.717) is 16.9 Å². The van der Waals surface area contributed by atoms with Gasteiger partial charge in [0.1, 0.15) is 6.33 Å². The third kappa shape index (κ3) is 2.46. The molecule has 1 aromatic rings. The Morgan fingerprint density at radius 3 is 2.82 bits per heavy atom. The van der Waals surface area contributed by atoms with Gasteiger partial charge in [-0.1, -0.05) is 18.5 Å². The average molecular weight is 256 g/mol. The molecule has 0 aliphatic carbocycles. The van der Waals surface area contributed by atoms with Gasteiger partial charge in [0.25, 0.3) is 0 Å². The van der Waals surface area contributed by atoms with E-state index in [2.05, 4.69) is 28.7 Å². The molecular weight excluding hydrogens is 238 g/mol. The van der Waals surface area contributed by atoms with Gasteiger partial charge >= 0.3 is 0 Å². The van der Waals surface area contributed by atoms with Crippen LogP contribution in [0.5, 0.6) is 5.75 Å².